The molecular weight excluding hydrogens is 424 g/mol. The van der Waals surface area contributed by atoms with E-state index in [9.17, 15) is 19.5 Å². The zero-order valence-electron chi connectivity index (χ0n) is 18.5. The van der Waals surface area contributed by atoms with E-state index in [4.69, 9.17) is 9.47 Å². The van der Waals surface area contributed by atoms with Crippen LogP contribution in [0, 0.1) is 5.92 Å². The highest BCUT2D eigenvalue weighted by Gasteiger charge is 2.35. The van der Waals surface area contributed by atoms with Crippen molar-refractivity contribution in [2.24, 2.45) is 5.92 Å². The Morgan fingerprint density at radius 3 is 2.27 bits per heavy atom. The molecule has 0 heterocycles. The number of hydrogen-bond acceptors (Lipinski definition) is 5. The summed E-state index contributed by atoms with van der Waals surface area (Å²) >= 11 is 0. The Morgan fingerprint density at radius 1 is 1.03 bits per heavy atom. The minimum Gasteiger partial charge on any atom is -0.481 e. The number of rotatable bonds is 8. The number of hydrogen-bond donors (Lipinski definition) is 3. The molecule has 0 aliphatic heterocycles. The molecule has 1 unspecified atom stereocenters. The molecule has 1 fully saturated rings. The van der Waals surface area contributed by atoms with E-state index in [0.29, 0.717) is 12.8 Å². The first-order chi connectivity index (χ1) is 16.0. The number of nitrogens with one attached hydrogen (secondary N) is 2. The molecule has 2 amide bonds. The summed E-state index contributed by atoms with van der Waals surface area (Å²) in [5, 5.41) is 14.6. The topological polar surface area (TPSA) is 114 Å². The van der Waals surface area contributed by atoms with E-state index < -0.39 is 36.0 Å². The fourth-order valence-electron chi connectivity index (χ4n) is 4.81. The number of amides is 2. The van der Waals surface area contributed by atoms with Gasteiger partial charge in [0.05, 0.1) is 12.5 Å². The number of methoxy groups -OCH3 is 1. The number of alkyl carbamates (subject to hydrolysis) is 1. The molecule has 0 aromatic heterocycles. The third-order valence-electron chi connectivity index (χ3n) is 6.51. The lowest BCUT2D eigenvalue weighted by molar-refractivity contribution is -0.142. The van der Waals surface area contributed by atoms with Crippen LogP contribution < -0.4 is 10.6 Å². The highest BCUT2D eigenvalue weighted by molar-refractivity contribution is 5.83. The van der Waals surface area contributed by atoms with Crippen LogP contribution in [0.15, 0.2) is 48.5 Å². The predicted octanol–water partition coefficient (Wildman–Crippen LogP) is 2.91. The van der Waals surface area contributed by atoms with Crippen molar-refractivity contribution in [1.82, 2.24) is 10.6 Å². The van der Waals surface area contributed by atoms with Crippen molar-refractivity contribution in [3.8, 4) is 11.1 Å². The van der Waals surface area contributed by atoms with Crippen molar-refractivity contribution in [2.75, 3.05) is 20.3 Å². The summed E-state index contributed by atoms with van der Waals surface area (Å²) in [5.74, 6) is -2.01. The highest BCUT2D eigenvalue weighted by Crippen LogP contribution is 2.44. The van der Waals surface area contributed by atoms with Gasteiger partial charge in [0.25, 0.3) is 5.91 Å². The van der Waals surface area contributed by atoms with Crippen LogP contribution in [0.5, 0.6) is 0 Å². The lowest BCUT2D eigenvalue weighted by Crippen LogP contribution is -2.49. The SMILES string of the molecule is COC(CNC(=O)OCC1c2ccccc2-c2ccccc21)C(=O)N[C@H]1CCC[C@H]1C(=O)O. The maximum Gasteiger partial charge on any atom is 0.407 e. The Morgan fingerprint density at radius 2 is 1.67 bits per heavy atom. The number of ether oxygens (including phenoxy) is 2. The van der Waals surface area contributed by atoms with Crippen molar-refractivity contribution in [1.29, 1.82) is 0 Å². The number of benzene rings is 2. The van der Waals surface area contributed by atoms with Gasteiger partial charge in [-0.25, -0.2) is 4.79 Å². The lowest BCUT2D eigenvalue weighted by atomic mass is 9.98. The van der Waals surface area contributed by atoms with E-state index in [1.165, 1.54) is 7.11 Å². The van der Waals surface area contributed by atoms with Gasteiger partial charge in [0.1, 0.15) is 6.61 Å². The third-order valence-corrected chi connectivity index (χ3v) is 6.51. The molecule has 174 valence electrons. The molecular formula is C25H28N2O6. The lowest BCUT2D eigenvalue weighted by Gasteiger charge is -2.22. The molecule has 2 aliphatic carbocycles. The first-order valence-electron chi connectivity index (χ1n) is 11.1. The first-order valence-corrected chi connectivity index (χ1v) is 11.1. The molecule has 2 aliphatic rings. The highest BCUT2D eigenvalue weighted by atomic mass is 16.5. The molecule has 3 atom stereocenters. The number of fused-ring (bicyclic) bond motifs is 3. The fourth-order valence-corrected chi connectivity index (χ4v) is 4.81. The molecule has 1 saturated carbocycles. The second kappa shape index (κ2) is 10.0. The number of carbonyl (C=O) groups excluding carboxylic acids is 2. The van der Waals surface area contributed by atoms with Gasteiger partial charge in [-0.2, -0.15) is 0 Å². The van der Waals surface area contributed by atoms with Crippen LogP contribution in [0.2, 0.25) is 0 Å². The van der Waals surface area contributed by atoms with Crippen LogP contribution >= 0.6 is 0 Å². The number of carbonyl (C=O) groups is 3. The monoisotopic (exact) mass is 452 g/mol. The molecule has 0 radical (unpaired) electrons. The standard InChI is InChI=1S/C25H28N2O6/c1-32-22(23(28)27-21-12-6-11-19(21)24(29)30)13-26-25(31)33-14-20-17-9-4-2-7-15(17)16-8-3-5-10-18(16)20/h2-5,7-10,19-22H,6,11-14H2,1H3,(H,26,31)(H,27,28)(H,29,30)/t19-,21+,22?/m1/s1. The molecule has 2 aromatic rings. The van der Waals surface area contributed by atoms with E-state index >= 15 is 0 Å². The van der Waals surface area contributed by atoms with Crippen LogP contribution in [-0.2, 0) is 19.1 Å². The predicted molar refractivity (Wildman–Crippen MR) is 121 cm³/mol. The second-order valence-electron chi connectivity index (χ2n) is 8.42. The Balaban J connectivity index is 1.30. The average molecular weight is 453 g/mol. The Bertz CT molecular complexity index is 994. The van der Waals surface area contributed by atoms with Crippen molar-refractivity contribution >= 4 is 18.0 Å². The van der Waals surface area contributed by atoms with Crippen LogP contribution in [0.3, 0.4) is 0 Å². The number of carboxylic acid groups (broad SMARTS) is 1. The normalized spacial score (nSPS) is 19.9. The second-order valence-corrected chi connectivity index (χ2v) is 8.42. The zero-order chi connectivity index (χ0) is 23.4. The van der Waals surface area contributed by atoms with Gasteiger partial charge in [0, 0.05) is 19.1 Å². The number of aliphatic carboxylic acids is 1. The van der Waals surface area contributed by atoms with Gasteiger partial charge in [0.15, 0.2) is 6.10 Å². The van der Waals surface area contributed by atoms with Gasteiger partial charge in [-0.15, -0.1) is 0 Å². The van der Waals surface area contributed by atoms with Gasteiger partial charge in [-0.3, -0.25) is 9.59 Å². The molecule has 4 rings (SSSR count). The van der Waals surface area contributed by atoms with Crippen LogP contribution in [-0.4, -0.2) is 55.5 Å². The number of carboxylic acids is 1. The largest absolute Gasteiger partial charge is 0.481 e. The summed E-state index contributed by atoms with van der Waals surface area (Å²) in [6.45, 7) is 0.0928. The molecule has 0 spiro atoms. The minimum atomic E-state index is -0.944. The molecule has 0 bridgehead atoms. The van der Waals surface area contributed by atoms with E-state index in [-0.39, 0.29) is 19.1 Å². The van der Waals surface area contributed by atoms with Crippen LogP contribution in [0.4, 0.5) is 4.79 Å². The maximum absolute atomic E-state index is 12.5. The van der Waals surface area contributed by atoms with Gasteiger partial charge >= 0.3 is 12.1 Å². The fraction of sp³-hybridized carbons (Fsp3) is 0.400. The van der Waals surface area contributed by atoms with Crippen molar-refractivity contribution < 1.29 is 29.0 Å². The Kier molecular flexibility index (Phi) is 6.93. The Labute approximate surface area is 192 Å². The van der Waals surface area contributed by atoms with E-state index in [0.717, 1.165) is 28.7 Å². The quantitative estimate of drug-likeness (QED) is 0.568. The molecule has 8 nitrogen and oxygen atoms in total. The van der Waals surface area contributed by atoms with E-state index in [1.54, 1.807) is 0 Å². The summed E-state index contributed by atoms with van der Waals surface area (Å²) in [4.78, 5) is 36.2. The Hall–Kier alpha value is -3.39. The van der Waals surface area contributed by atoms with Gasteiger partial charge < -0.3 is 25.2 Å². The molecule has 0 saturated heterocycles. The van der Waals surface area contributed by atoms with E-state index in [2.05, 4.69) is 22.8 Å². The molecule has 2 aromatic carbocycles. The molecule has 3 N–H and O–H groups in total. The summed E-state index contributed by atoms with van der Waals surface area (Å²) < 4.78 is 10.7. The van der Waals surface area contributed by atoms with Gasteiger partial charge in [-0.1, -0.05) is 55.0 Å². The van der Waals surface area contributed by atoms with Crippen molar-refractivity contribution in [2.45, 2.75) is 37.3 Å². The average Bonchev–Trinajstić information content (AvgIpc) is 3.41. The van der Waals surface area contributed by atoms with Crippen molar-refractivity contribution in [3.63, 3.8) is 0 Å². The van der Waals surface area contributed by atoms with Crippen LogP contribution in [0.1, 0.15) is 36.3 Å². The van der Waals surface area contributed by atoms with Gasteiger partial charge in [0.2, 0.25) is 0 Å². The van der Waals surface area contributed by atoms with Crippen molar-refractivity contribution in [3.05, 3.63) is 59.7 Å². The maximum atomic E-state index is 12.5. The van der Waals surface area contributed by atoms with Gasteiger partial charge in [-0.05, 0) is 35.1 Å². The van der Waals surface area contributed by atoms with Crippen LogP contribution in [0.25, 0.3) is 11.1 Å². The molecule has 33 heavy (non-hydrogen) atoms. The third kappa shape index (κ3) is 4.85. The minimum absolute atomic E-state index is 0.0556. The summed E-state index contributed by atoms with van der Waals surface area (Å²) in [6.07, 6.45) is 0.309. The first kappa shape index (κ1) is 22.8. The smallest absolute Gasteiger partial charge is 0.407 e. The summed E-state index contributed by atoms with van der Waals surface area (Å²) in [7, 11) is 1.37. The van der Waals surface area contributed by atoms with E-state index in [1.807, 2.05) is 36.4 Å². The molecule has 8 heteroatoms. The summed E-state index contributed by atoms with van der Waals surface area (Å²) in [6, 6.07) is 15.7. The summed E-state index contributed by atoms with van der Waals surface area (Å²) in [5.41, 5.74) is 4.52. The zero-order valence-corrected chi connectivity index (χ0v) is 18.5.